The molecule has 2 nitrogen and oxygen atoms in total. The molecule has 0 amide bonds. The van der Waals surface area contributed by atoms with Gasteiger partial charge in [-0.15, -0.1) is 0 Å². The topological polar surface area (TPSA) is 24.1 Å². The highest BCUT2D eigenvalue weighted by atomic mass is 127. The molecule has 1 rings (SSSR count). The molecule has 0 spiro atoms. The normalized spacial score (nSPS) is 9.64. The van der Waals surface area contributed by atoms with E-state index in [4.69, 9.17) is 12.2 Å². The molecule has 14 heavy (non-hydrogen) atoms. The molecular formula is C9H10FIN2S. The molecule has 0 aliphatic carbocycles. The van der Waals surface area contributed by atoms with Gasteiger partial charge in [0.1, 0.15) is 5.82 Å². The second-order valence-corrected chi connectivity index (χ2v) is 4.18. The van der Waals surface area contributed by atoms with Gasteiger partial charge in [0.05, 0.1) is 5.69 Å². The summed E-state index contributed by atoms with van der Waals surface area (Å²) in [4.78, 5) is 0. The molecule has 0 aromatic heterocycles. The predicted molar refractivity (Wildman–Crippen MR) is 69.0 cm³/mol. The lowest BCUT2D eigenvalue weighted by atomic mass is 10.3. The van der Waals surface area contributed by atoms with Crippen molar-refractivity contribution in [3.63, 3.8) is 0 Å². The second kappa shape index (κ2) is 5.45. The monoisotopic (exact) mass is 324 g/mol. The molecule has 0 saturated carbocycles. The molecular weight excluding hydrogens is 314 g/mol. The molecule has 0 atom stereocenters. The van der Waals surface area contributed by atoms with Crippen molar-refractivity contribution in [2.75, 3.05) is 11.9 Å². The maximum absolute atomic E-state index is 12.8. The van der Waals surface area contributed by atoms with E-state index in [-0.39, 0.29) is 5.82 Å². The number of hydrogen-bond acceptors (Lipinski definition) is 1. The molecule has 0 heterocycles. The summed E-state index contributed by atoms with van der Waals surface area (Å²) in [5, 5.41) is 6.50. The van der Waals surface area contributed by atoms with E-state index in [0.29, 0.717) is 5.11 Å². The molecule has 2 N–H and O–H groups in total. The molecule has 5 heteroatoms. The number of thiocarbonyl (C=S) groups is 1. The Morgan fingerprint density at radius 2 is 2.29 bits per heavy atom. The number of anilines is 1. The molecule has 0 radical (unpaired) electrons. The van der Waals surface area contributed by atoms with Crippen LogP contribution < -0.4 is 10.6 Å². The first-order valence-corrected chi connectivity index (χ1v) is 5.62. The third-order valence-corrected chi connectivity index (χ3v) is 2.66. The Morgan fingerprint density at radius 3 is 2.86 bits per heavy atom. The quantitative estimate of drug-likeness (QED) is 0.646. The fourth-order valence-electron chi connectivity index (χ4n) is 0.918. The average molecular weight is 324 g/mol. The minimum atomic E-state index is -0.241. The predicted octanol–water partition coefficient (Wildman–Crippen LogP) is 2.74. The molecule has 0 aliphatic heterocycles. The largest absolute Gasteiger partial charge is 0.363 e. The minimum absolute atomic E-state index is 0.241. The van der Waals surface area contributed by atoms with E-state index in [0.717, 1.165) is 15.8 Å². The Labute approximate surface area is 101 Å². The van der Waals surface area contributed by atoms with E-state index in [1.165, 1.54) is 12.1 Å². The highest BCUT2D eigenvalue weighted by molar-refractivity contribution is 14.1. The van der Waals surface area contributed by atoms with Gasteiger partial charge in [-0.05, 0) is 59.9 Å². The number of rotatable bonds is 2. The number of benzene rings is 1. The van der Waals surface area contributed by atoms with Gasteiger partial charge in [0.25, 0.3) is 0 Å². The zero-order valence-electron chi connectivity index (χ0n) is 7.60. The zero-order valence-corrected chi connectivity index (χ0v) is 10.6. The van der Waals surface area contributed by atoms with Gasteiger partial charge >= 0.3 is 0 Å². The van der Waals surface area contributed by atoms with Crippen molar-refractivity contribution in [1.29, 1.82) is 0 Å². The van der Waals surface area contributed by atoms with Crippen LogP contribution in [0.1, 0.15) is 6.92 Å². The van der Waals surface area contributed by atoms with Crippen LogP contribution in [0.2, 0.25) is 0 Å². The SMILES string of the molecule is CCNC(=S)Nc1ccc(F)cc1I. The van der Waals surface area contributed by atoms with Gasteiger partial charge in [0, 0.05) is 10.1 Å². The number of hydrogen-bond donors (Lipinski definition) is 2. The molecule has 0 bridgehead atoms. The standard InChI is InChI=1S/C9H10FIN2S/c1-2-12-9(14)13-8-4-3-6(10)5-7(8)11/h3-5H,2H2,1H3,(H2,12,13,14). The summed E-state index contributed by atoms with van der Waals surface area (Å²) in [6.07, 6.45) is 0. The number of halogens is 2. The fraction of sp³-hybridized carbons (Fsp3) is 0.222. The van der Waals surface area contributed by atoms with Gasteiger partial charge in [-0.25, -0.2) is 4.39 Å². The van der Waals surface area contributed by atoms with Crippen LogP contribution in [0.15, 0.2) is 18.2 Å². The van der Waals surface area contributed by atoms with Crippen LogP contribution in [0.3, 0.4) is 0 Å². The third-order valence-electron chi connectivity index (χ3n) is 1.52. The van der Waals surface area contributed by atoms with Crippen LogP contribution in [-0.4, -0.2) is 11.7 Å². The maximum Gasteiger partial charge on any atom is 0.170 e. The van der Waals surface area contributed by atoms with E-state index in [1.54, 1.807) is 6.07 Å². The smallest absolute Gasteiger partial charge is 0.170 e. The lowest BCUT2D eigenvalue weighted by Crippen LogP contribution is -2.28. The average Bonchev–Trinajstić information content (AvgIpc) is 2.10. The highest BCUT2D eigenvalue weighted by Gasteiger charge is 2.02. The molecule has 76 valence electrons. The molecule has 0 saturated heterocycles. The van der Waals surface area contributed by atoms with Crippen LogP contribution in [0.25, 0.3) is 0 Å². The van der Waals surface area contributed by atoms with Gasteiger partial charge in [-0.1, -0.05) is 0 Å². The molecule has 0 unspecified atom stereocenters. The van der Waals surface area contributed by atoms with Gasteiger partial charge in [0.15, 0.2) is 5.11 Å². The summed E-state index contributed by atoms with van der Waals surface area (Å²) in [6, 6.07) is 4.53. The van der Waals surface area contributed by atoms with Crippen molar-refractivity contribution in [2.45, 2.75) is 6.92 Å². The van der Waals surface area contributed by atoms with Crippen LogP contribution in [-0.2, 0) is 0 Å². The molecule has 0 aliphatic rings. The van der Waals surface area contributed by atoms with Crippen LogP contribution in [0.4, 0.5) is 10.1 Å². The zero-order chi connectivity index (χ0) is 10.6. The van der Waals surface area contributed by atoms with Crippen LogP contribution in [0.5, 0.6) is 0 Å². The third kappa shape index (κ3) is 3.38. The van der Waals surface area contributed by atoms with E-state index in [9.17, 15) is 4.39 Å². The van der Waals surface area contributed by atoms with Gasteiger partial charge in [-0.2, -0.15) is 0 Å². The van der Waals surface area contributed by atoms with Gasteiger partial charge in [0.2, 0.25) is 0 Å². The Balaban J connectivity index is 2.72. The summed E-state index contributed by atoms with van der Waals surface area (Å²) < 4.78 is 13.6. The summed E-state index contributed by atoms with van der Waals surface area (Å²) in [5.74, 6) is -0.241. The number of nitrogens with one attached hydrogen (secondary N) is 2. The Bertz CT molecular complexity index is 344. The first-order chi connectivity index (χ1) is 6.63. The van der Waals surface area contributed by atoms with Crippen molar-refractivity contribution in [3.8, 4) is 0 Å². The Morgan fingerprint density at radius 1 is 1.57 bits per heavy atom. The van der Waals surface area contributed by atoms with Crippen molar-refractivity contribution >= 4 is 45.6 Å². The van der Waals surface area contributed by atoms with Crippen molar-refractivity contribution in [1.82, 2.24) is 5.32 Å². The lowest BCUT2D eigenvalue weighted by Gasteiger charge is -2.10. The summed E-state index contributed by atoms with van der Waals surface area (Å²) in [6.45, 7) is 2.73. The van der Waals surface area contributed by atoms with E-state index in [1.807, 2.05) is 6.92 Å². The summed E-state index contributed by atoms with van der Waals surface area (Å²) in [5.41, 5.74) is 0.818. The van der Waals surface area contributed by atoms with Crippen LogP contribution >= 0.6 is 34.8 Å². The van der Waals surface area contributed by atoms with Crippen molar-refractivity contribution < 1.29 is 4.39 Å². The summed E-state index contributed by atoms with van der Waals surface area (Å²) in [7, 11) is 0. The molecule has 1 aromatic carbocycles. The summed E-state index contributed by atoms with van der Waals surface area (Å²) >= 11 is 7.07. The van der Waals surface area contributed by atoms with E-state index >= 15 is 0 Å². The fourth-order valence-corrected chi connectivity index (χ4v) is 1.78. The highest BCUT2D eigenvalue weighted by Crippen LogP contribution is 2.18. The van der Waals surface area contributed by atoms with Gasteiger partial charge in [-0.3, -0.25) is 0 Å². The second-order valence-electron chi connectivity index (χ2n) is 2.61. The van der Waals surface area contributed by atoms with Crippen molar-refractivity contribution in [3.05, 3.63) is 27.6 Å². The van der Waals surface area contributed by atoms with Gasteiger partial charge < -0.3 is 10.6 Å². The maximum atomic E-state index is 12.8. The first kappa shape index (κ1) is 11.6. The molecule has 1 aromatic rings. The Kier molecular flexibility index (Phi) is 4.53. The molecule has 0 fully saturated rings. The van der Waals surface area contributed by atoms with E-state index < -0.39 is 0 Å². The van der Waals surface area contributed by atoms with Crippen molar-refractivity contribution in [2.24, 2.45) is 0 Å². The van der Waals surface area contributed by atoms with E-state index in [2.05, 4.69) is 33.2 Å². The minimum Gasteiger partial charge on any atom is -0.363 e. The first-order valence-electron chi connectivity index (χ1n) is 4.13. The Hall–Kier alpha value is -0.430. The lowest BCUT2D eigenvalue weighted by molar-refractivity contribution is 0.627. The van der Waals surface area contributed by atoms with Crippen LogP contribution in [0, 0.1) is 9.39 Å².